The summed E-state index contributed by atoms with van der Waals surface area (Å²) in [5.41, 5.74) is 0.957. The number of aromatic nitrogens is 2. The van der Waals surface area contributed by atoms with Crippen molar-refractivity contribution in [3.05, 3.63) is 42.7 Å². The lowest BCUT2D eigenvalue weighted by molar-refractivity contribution is 0.132. The normalized spacial score (nSPS) is 17.7. The summed E-state index contributed by atoms with van der Waals surface area (Å²) in [7, 11) is -4.54. The molecule has 1 aromatic heterocycles. The van der Waals surface area contributed by atoms with Gasteiger partial charge < -0.3 is 29.0 Å². The van der Waals surface area contributed by atoms with Crippen LogP contribution in [0.15, 0.2) is 42.7 Å². The van der Waals surface area contributed by atoms with Crippen LogP contribution in [0.25, 0.3) is 10.9 Å². The minimum atomic E-state index is -3.04. The number of anilines is 2. The zero-order valence-corrected chi connectivity index (χ0v) is 15.4. The number of ether oxygens (including phenoxy) is 5. The minimum Gasteiger partial charge on any atom is -0.497 e. The monoisotopic (exact) mass is 409 g/mol. The first-order valence-corrected chi connectivity index (χ1v) is 8.31. The van der Waals surface area contributed by atoms with E-state index in [0.717, 1.165) is 0 Å². The molecule has 1 N–H and O–H groups in total. The van der Waals surface area contributed by atoms with Gasteiger partial charge in [0.2, 0.25) is 0 Å². The molecule has 0 radical (unpaired) electrons. The van der Waals surface area contributed by atoms with Crippen molar-refractivity contribution >= 4 is 22.4 Å². The molecule has 0 saturated carbocycles. The van der Waals surface area contributed by atoms with Gasteiger partial charge in [-0.1, -0.05) is 0 Å². The van der Waals surface area contributed by atoms with E-state index in [1.54, 1.807) is 24.3 Å². The van der Waals surface area contributed by atoms with Gasteiger partial charge in [-0.2, -0.15) is 0 Å². The van der Waals surface area contributed by atoms with E-state index in [0.29, 0.717) is 28.2 Å². The highest BCUT2D eigenvalue weighted by molar-refractivity contribution is 5.93. The fourth-order valence-electron chi connectivity index (χ4n) is 2.47. The Morgan fingerprint density at radius 2 is 1.66 bits per heavy atom. The molecule has 0 atom stereocenters. The van der Waals surface area contributed by atoms with E-state index in [1.165, 1.54) is 25.6 Å². The van der Waals surface area contributed by atoms with Gasteiger partial charge in [0.25, 0.3) is 0 Å². The molecule has 0 saturated heterocycles. The van der Waals surface area contributed by atoms with Crippen molar-refractivity contribution in [2.75, 3.05) is 52.8 Å². The van der Waals surface area contributed by atoms with E-state index in [1.807, 2.05) is 0 Å². The third-order valence-corrected chi connectivity index (χ3v) is 3.77. The predicted octanol–water partition coefficient (Wildman–Crippen LogP) is 3.43. The number of methoxy groups -OCH3 is 3. The Bertz CT molecular complexity index is 1270. The van der Waals surface area contributed by atoms with Crippen LogP contribution in [0.2, 0.25) is 0 Å². The molecular weight excluding hydrogens is 374 g/mol. The minimum absolute atomic E-state index is 0.153. The van der Waals surface area contributed by atoms with E-state index >= 15 is 0 Å². The molecule has 0 amide bonds. The fourth-order valence-corrected chi connectivity index (χ4v) is 2.47. The van der Waals surface area contributed by atoms with Crippen LogP contribution < -0.4 is 19.5 Å². The van der Waals surface area contributed by atoms with E-state index in [2.05, 4.69) is 24.8 Å². The smallest absolute Gasteiger partial charge is 0.163 e. The van der Waals surface area contributed by atoms with Gasteiger partial charge in [0, 0.05) is 31.2 Å². The average molecular weight is 410 g/mol. The van der Waals surface area contributed by atoms with Crippen molar-refractivity contribution in [1.29, 1.82) is 0 Å². The second-order valence-electron chi connectivity index (χ2n) is 5.46. The molecule has 0 bridgehead atoms. The molecule has 0 aliphatic heterocycles. The fraction of sp³-hybridized carbons (Fsp3) is 0.333. The number of hydrogen-bond acceptors (Lipinski definition) is 8. The topological polar surface area (TPSA) is 84.0 Å². The van der Waals surface area contributed by atoms with Crippen molar-refractivity contribution in [3.63, 3.8) is 0 Å². The summed E-state index contributed by atoms with van der Waals surface area (Å²) in [6.07, 6.45) is 1.26. The predicted molar refractivity (Wildman–Crippen MR) is 111 cm³/mol. The van der Waals surface area contributed by atoms with E-state index in [9.17, 15) is 0 Å². The number of nitrogens with zero attached hydrogens (tertiary/aromatic N) is 2. The van der Waals surface area contributed by atoms with Gasteiger partial charge in [-0.05, 0) is 30.3 Å². The Labute approximate surface area is 183 Å². The molecule has 8 heteroatoms. The van der Waals surface area contributed by atoms with Gasteiger partial charge >= 0.3 is 0 Å². The zero-order valence-electron chi connectivity index (χ0n) is 25.4. The molecule has 1 heterocycles. The standard InChI is InChI=1S/C21H25N3O5/c1-25-8-10-28-19-12-17-18(13-20(19)29-11-9-26-2)22-14-23-21(17)24-15-4-6-16(27-3)7-5-15/h4-7,12-14H,8-11H2,1-3H3,(H,22,23,24)/i1D3,2D3,8D2,9D2. The first-order chi connectivity index (χ1) is 18.0. The maximum Gasteiger partial charge on any atom is 0.163 e. The molecule has 0 aliphatic rings. The summed E-state index contributed by atoms with van der Waals surface area (Å²) in [4.78, 5) is 8.41. The van der Waals surface area contributed by atoms with Gasteiger partial charge in [0.1, 0.15) is 31.1 Å². The van der Waals surface area contributed by atoms with Crippen molar-refractivity contribution in [2.24, 2.45) is 0 Å². The lowest BCUT2D eigenvalue weighted by atomic mass is 10.2. The van der Waals surface area contributed by atoms with Gasteiger partial charge in [0.05, 0.1) is 39.5 Å². The van der Waals surface area contributed by atoms with E-state index in [-0.39, 0.29) is 11.5 Å². The van der Waals surface area contributed by atoms with E-state index < -0.39 is 40.4 Å². The van der Waals surface area contributed by atoms with Gasteiger partial charge in [-0.15, -0.1) is 0 Å². The van der Waals surface area contributed by atoms with Gasteiger partial charge in [0.15, 0.2) is 11.5 Å². The molecule has 0 fully saturated rings. The molecule has 29 heavy (non-hydrogen) atoms. The maximum absolute atomic E-state index is 7.82. The Balaban J connectivity index is 1.96. The highest BCUT2D eigenvalue weighted by Crippen LogP contribution is 2.35. The van der Waals surface area contributed by atoms with Gasteiger partial charge in [-0.25, -0.2) is 9.97 Å². The van der Waals surface area contributed by atoms with Crippen LogP contribution in [0.4, 0.5) is 11.5 Å². The van der Waals surface area contributed by atoms with Crippen LogP contribution in [-0.4, -0.2) is 57.5 Å². The van der Waals surface area contributed by atoms with Gasteiger partial charge in [-0.3, -0.25) is 0 Å². The molecule has 0 aliphatic carbocycles. The quantitative estimate of drug-likeness (QED) is 0.516. The second kappa shape index (κ2) is 10.4. The Morgan fingerprint density at radius 3 is 2.31 bits per heavy atom. The number of fused-ring (bicyclic) bond motifs is 1. The van der Waals surface area contributed by atoms with Crippen molar-refractivity contribution in [3.8, 4) is 17.2 Å². The SMILES string of the molecule is [2H]C([2H])([2H])OC([2H])([2H])COc1cc2ncnc(Nc3ccc(OC)cc3)c2cc1OCC([2H])([2H])OC([2H])([2H])[2H]. The Kier molecular flexibility index (Phi) is 4.03. The largest absolute Gasteiger partial charge is 0.497 e. The number of hydrogen-bond donors (Lipinski definition) is 1. The number of benzene rings is 2. The number of rotatable bonds is 11. The average Bonchev–Trinajstić information content (AvgIpc) is 2.79. The molecule has 0 spiro atoms. The van der Waals surface area contributed by atoms with Crippen LogP contribution in [-0.2, 0) is 9.47 Å². The van der Waals surface area contributed by atoms with Crippen LogP contribution in [0.3, 0.4) is 0 Å². The van der Waals surface area contributed by atoms with Crippen molar-refractivity contribution in [2.45, 2.75) is 0 Å². The van der Waals surface area contributed by atoms with Crippen molar-refractivity contribution in [1.82, 2.24) is 9.97 Å². The molecule has 154 valence electrons. The lowest BCUT2D eigenvalue weighted by Gasteiger charge is -2.15. The maximum atomic E-state index is 7.82. The van der Waals surface area contributed by atoms with Crippen LogP contribution in [0.5, 0.6) is 17.2 Å². The third kappa shape index (κ3) is 5.46. The second-order valence-corrected chi connectivity index (χ2v) is 5.46. The van der Waals surface area contributed by atoms with Crippen molar-refractivity contribution < 1.29 is 37.4 Å². The summed E-state index contributed by atoms with van der Waals surface area (Å²) in [5.74, 6) is 0.655. The first kappa shape index (κ1) is 11.2. The highest BCUT2D eigenvalue weighted by atomic mass is 16.5. The molecule has 0 unspecified atom stereocenters. The van der Waals surface area contributed by atoms with Crippen LogP contribution in [0.1, 0.15) is 13.7 Å². The summed E-state index contributed by atoms with van der Waals surface area (Å²) >= 11 is 0. The molecule has 2 aromatic carbocycles. The Morgan fingerprint density at radius 1 is 0.966 bits per heavy atom. The number of nitrogens with one attached hydrogen (secondary N) is 1. The molecule has 8 nitrogen and oxygen atoms in total. The van der Waals surface area contributed by atoms with Crippen LogP contribution in [0, 0.1) is 0 Å². The Hall–Kier alpha value is -3.10. The van der Waals surface area contributed by atoms with Crippen LogP contribution >= 0.6 is 0 Å². The third-order valence-electron chi connectivity index (χ3n) is 3.77. The highest BCUT2D eigenvalue weighted by Gasteiger charge is 2.13. The zero-order chi connectivity index (χ0) is 29.1. The molecular formula is C21H25N3O5. The molecule has 3 rings (SSSR count). The lowest BCUT2D eigenvalue weighted by Crippen LogP contribution is -2.09. The summed E-state index contributed by atoms with van der Waals surface area (Å²) in [6, 6.07) is 9.67. The summed E-state index contributed by atoms with van der Waals surface area (Å²) < 4.78 is 99.0. The first-order valence-electron chi connectivity index (χ1n) is 13.3. The molecule has 3 aromatic rings. The van der Waals surface area contributed by atoms with E-state index in [4.69, 9.17) is 27.9 Å². The summed E-state index contributed by atoms with van der Waals surface area (Å²) in [5, 5.41) is 3.50. The summed E-state index contributed by atoms with van der Waals surface area (Å²) in [6.45, 7) is -7.24.